The molecule has 0 bridgehead atoms. The Labute approximate surface area is 58.9 Å². The second-order valence-corrected chi connectivity index (χ2v) is 0.0833. The molecule has 0 aromatic carbocycles. The Morgan fingerprint density at radius 2 is 1.80 bits per heavy atom. The molecule has 0 rings (SSSR count). The second kappa shape index (κ2) is 22.4. The Hall–Kier alpha value is 0.690. The minimum Gasteiger partial charge on any atom is -1.00 e. The first-order chi connectivity index (χ1) is 1.41. The summed E-state index contributed by atoms with van der Waals surface area (Å²) in [6.07, 6.45) is 0. The van der Waals surface area contributed by atoms with E-state index in [1.807, 2.05) is 0 Å². The van der Waals surface area contributed by atoms with E-state index in [9.17, 15) is 0 Å². The smallest absolute Gasteiger partial charge is 1.00 e. The molecule has 5 heavy (non-hydrogen) atoms. The van der Waals surface area contributed by atoms with Crippen molar-refractivity contribution >= 4 is 0 Å². The summed E-state index contributed by atoms with van der Waals surface area (Å²) in [5, 5.41) is 8.38. The SMILES string of the molecule is O=[NH+][O-].[Cl-].[H-].[Na+]. The van der Waals surface area contributed by atoms with Gasteiger partial charge in [0.15, 0.2) is 0 Å². The van der Waals surface area contributed by atoms with E-state index < -0.39 is 0 Å². The first kappa shape index (κ1) is 17.3. The zero-order valence-electron chi connectivity index (χ0n) is 3.69. The van der Waals surface area contributed by atoms with Crippen LogP contribution in [0.2, 0.25) is 0 Å². The van der Waals surface area contributed by atoms with Gasteiger partial charge in [-0.25, -0.2) is 0 Å². The van der Waals surface area contributed by atoms with E-state index in [0.717, 1.165) is 0 Å². The molecule has 3 nitrogen and oxygen atoms in total. The number of nitrogens with one attached hydrogen (secondary N) is 1. The predicted molar refractivity (Wildman–Crippen MR) is 8.81 cm³/mol. The molecular formula is H2ClNNaO2-. The fourth-order valence-corrected chi connectivity index (χ4v) is 0. The Balaban J connectivity index is -0.00000000667. The maximum atomic E-state index is 8.12. The second-order valence-electron chi connectivity index (χ2n) is 0.0833. The van der Waals surface area contributed by atoms with E-state index in [2.05, 4.69) is 0 Å². The molecule has 0 aliphatic carbocycles. The molecule has 0 amide bonds. The summed E-state index contributed by atoms with van der Waals surface area (Å²) in [6, 6.07) is 0. The minimum absolute atomic E-state index is 0. The van der Waals surface area contributed by atoms with Crippen LogP contribution in [0.25, 0.3) is 0 Å². The van der Waals surface area contributed by atoms with Gasteiger partial charge in [0.05, 0.1) is 0 Å². The Morgan fingerprint density at radius 3 is 1.80 bits per heavy atom. The maximum Gasteiger partial charge on any atom is 1.00 e. The van der Waals surface area contributed by atoms with Gasteiger partial charge in [-0.2, -0.15) is 0 Å². The van der Waals surface area contributed by atoms with Crippen LogP contribution in [0.1, 0.15) is 1.43 Å². The molecular weight excluding hydrogens is 104 g/mol. The molecule has 0 fully saturated rings. The Morgan fingerprint density at radius 1 is 1.80 bits per heavy atom. The van der Waals surface area contributed by atoms with Crippen LogP contribution in [0.5, 0.6) is 0 Å². The molecule has 0 unspecified atom stereocenters. The molecule has 0 saturated carbocycles. The number of halogens is 1. The van der Waals surface area contributed by atoms with Gasteiger partial charge in [0.25, 0.3) is 0 Å². The quantitative estimate of drug-likeness (QED) is 0.190. The summed E-state index contributed by atoms with van der Waals surface area (Å²) < 4.78 is 0. The van der Waals surface area contributed by atoms with Gasteiger partial charge in [-0.1, -0.05) is 0 Å². The Bertz CT molecular complexity index is 21.0. The van der Waals surface area contributed by atoms with Crippen LogP contribution in [0.15, 0.2) is 0 Å². The van der Waals surface area contributed by atoms with Crippen LogP contribution >= 0.6 is 0 Å². The van der Waals surface area contributed by atoms with Crippen molar-refractivity contribution in [2.45, 2.75) is 0 Å². The van der Waals surface area contributed by atoms with Crippen LogP contribution in [0, 0.1) is 10.1 Å². The van der Waals surface area contributed by atoms with Gasteiger partial charge in [0.1, 0.15) is 0 Å². The predicted octanol–water partition coefficient (Wildman–Crippen LogP) is -7.55. The number of hydrogen-bond acceptors (Lipinski definition) is 2. The van der Waals surface area contributed by atoms with Gasteiger partial charge in [0.2, 0.25) is 0 Å². The average molecular weight is 106 g/mol. The standard InChI is InChI=1S/ClH.HNO2.Na.H/c;2-1-3;;/h1H;1H;;/q;;+1;-1/p-1. The summed E-state index contributed by atoms with van der Waals surface area (Å²) in [6.45, 7) is 0. The van der Waals surface area contributed by atoms with Crippen LogP contribution in [0.3, 0.4) is 0 Å². The van der Waals surface area contributed by atoms with Crippen molar-refractivity contribution < 1.29 is 48.7 Å². The third-order valence-electron chi connectivity index (χ3n) is 0. The van der Waals surface area contributed by atoms with Gasteiger partial charge < -0.3 is 13.8 Å². The first-order valence-electron chi connectivity index (χ1n) is 0.408. The van der Waals surface area contributed by atoms with Gasteiger partial charge >= 0.3 is 29.6 Å². The number of hydrogen-bond donors (Lipinski definition) is 1. The van der Waals surface area contributed by atoms with Crippen molar-refractivity contribution in [3.8, 4) is 0 Å². The van der Waals surface area contributed by atoms with Gasteiger partial charge in [-0.3, -0.25) is 10.1 Å². The van der Waals surface area contributed by atoms with Crippen LogP contribution in [0.4, 0.5) is 0 Å². The van der Waals surface area contributed by atoms with Crippen molar-refractivity contribution in [2.24, 2.45) is 0 Å². The monoisotopic (exact) mass is 106 g/mol. The summed E-state index contributed by atoms with van der Waals surface area (Å²) in [4.78, 5) is 8.12. The first-order valence-corrected chi connectivity index (χ1v) is 0.408. The van der Waals surface area contributed by atoms with Crippen molar-refractivity contribution in [1.82, 2.24) is 0 Å². The van der Waals surface area contributed by atoms with E-state index in [-0.39, 0.29) is 48.7 Å². The minimum atomic E-state index is 0. The molecule has 0 spiro atoms. The molecule has 5 heteroatoms. The van der Waals surface area contributed by atoms with Gasteiger partial charge in [-0.15, -0.1) is 0 Å². The van der Waals surface area contributed by atoms with Crippen molar-refractivity contribution in [3.05, 3.63) is 10.1 Å². The van der Waals surface area contributed by atoms with Crippen LogP contribution < -0.4 is 47.3 Å². The molecule has 0 aliphatic heterocycles. The van der Waals surface area contributed by atoms with E-state index in [1.165, 1.54) is 0 Å². The topological polar surface area (TPSA) is 54.1 Å². The fourth-order valence-electron chi connectivity index (χ4n) is 0. The molecule has 1 N–H and O–H groups in total. The molecule has 0 atom stereocenters. The largest absolute Gasteiger partial charge is 1.00 e. The zero-order chi connectivity index (χ0) is 2.71. The number of rotatable bonds is 0. The molecule has 0 aromatic rings. The van der Waals surface area contributed by atoms with E-state index in [0.29, 0.717) is 0 Å². The average Bonchev–Trinajstić information content (AvgIpc) is 0.918. The molecule has 0 aromatic heterocycles. The molecule has 28 valence electrons. The molecule has 0 saturated heterocycles. The molecule has 0 aliphatic rings. The van der Waals surface area contributed by atoms with E-state index in [1.54, 1.807) is 0 Å². The molecule has 0 radical (unpaired) electrons. The zero-order valence-corrected chi connectivity index (χ0v) is 5.45. The normalized spacial score (nSPS) is 2.40. The van der Waals surface area contributed by atoms with Crippen LogP contribution in [-0.2, 0) is 0 Å². The Kier molecular flexibility index (Phi) is 77.3. The summed E-state index contributed by atoms with van der Waals surface area (Å²) in [5.41, 5.74) is 0. The summed E-state index contributed by atoms with van der Waals surface area (Å²) >= 11 is 0. The van der Waals surface area contributed by atoms with Gasteiger partial charge in [0, 0.05) is 5.34 Å². The third-order valence-corrected chi connectivity index (χ3v) is 0. The summed E-state index contributed by atoms with van der Waals surface area (Å²) in [5.74, 6) is 0. The van der Waals surface area contributed by atoms with Crippen molar-refractivity contribution in [3.63, 3.8) is 0 Å². The maximum absolute atomic E-state index is 8.12. The summed E-state index contributed by atoms with van der Waals surface area (Å²) in [7, 11) is 0. The van der Waals surface area contributed by atoms with E-state index in [4.69, 9.17) is 10.1 Å². The fraction of sp³-hybridized carbons (Fsp3) is 0. The van der Waals surface area contributed by atoms with Crippen molar-refractivity contribution in [1.29, 1.82) is 0 Å². The van der Waals surface area contributed by atoms with Gasteiger partial charge in [-0.05, 0) is 0 Å². The molecule has 0 heterocycles. The van der Waals surface area contributed by atoms with Crippen LogP contribution in [-0.4, -0.2) is 0 Å². The van der Waals surface area contributed by atoms with E-state index >= 15 is 0 Å². The van der Waals surface area contributed by atoms with Crippen molar-refractivity contribution in [2.75, 3.05) is 0 Å². The third kappa shape index (κ3) is 71.3.